The molecule has 3 N–H and O–H groups in total. The number of benzene rings is 1. The molecule has 4 nitrogen and oxygen atoms in total. The van der Waals surface area contributed by atoms with Gasteiger partial charge in [-0.15, -0.1) is 24.8 Å². The van der Waals surface area contributed by atoms with E-state index in [4.69, 9.17) is 5.73 Å². The maximum absolute atomic E-state index is 11.4. The molecule has 0 saturated carbocycles. The van der Waals surface area contributed by atoms with Gasteiger partial charge < -0.3 is 16.0 Å². The van der Waals surface area contributed by atoms with E-state index in [1.165, 1.54) is 0 Å². The van der Waals surface area contributed by atoms with E-state index in [0.717, 1.165) is 12.2 Å². The molecule has 0 aliphatic rings. The number of likely N-dealkylation sites (N-methyl/N-ethyl adjacent to an activating group) is 1. The van der Waals surface area contributed by atoms with Gasteiger partial charge in [0.25, 0.3) is 0 Å². The molecule has 0 radical (unpaired) electrons. The molecule has 19 heavy (non-hydrogen) atoms. The Morgan fingerprint density at radius 3 is 2.42 bits per heavy atom. The van der Waals surface area contributed by atoms with E-state index in [0.29, 0.717) is 13.0 Å². The molecule has 6 heteroatoms. The van der Waals surface area contributed by atoms with E-state index in [1.54, 1.807) is 0 Å². The highest BCUT2D eigenvalue weighted by Gasteiger charge is 2.09. The lowest BCUT2D eigenvalue weighted by Crippen LogP contribution is -2.42. The molecule has 1 atom stereocenters. The third-order valence-electron chi connectivity index (χ3n) is 2.72. The van der Waals surface area contributed by atoms with Gasteiger partial charge in [-0.1, -0.05) is 25.1 Å². The van der Waals surface area contributed by atoms with Crippen molar-refractivity contribution >= 4 is 36.4 Å². The van der Waals surface area contributed by atoms with Crippen molar-refractivity contribution in [2.45, 2.75) is 19.4 Å². The van der Waals surface area contributed by atoms with Crippen LogP contribution in [0, 0.1) is 0 Å². The fraction of sp³-hybridized carbons (Fsp3) is 0.462. The van der Waals surface area contributed by atoms with Crippen LogP contribution in [0.4, 0.5) is 5.69 Å². The normalized spacial score (nSPS) is 10.7. The molecule has 0 aromatic heterocycles. The lowest BCUT2D eigenvalue weighted by Gasteiger charge is -2.20. The zero-order chi connectivity index (χ0) is 12.7. The summed E-state index contributed by atoms with van der Waals surface area (Å²) in [7, 11) is 2.00. The highest BCUT2D eigenvalue weighted by atomic mass is 35.5. The van der Waals surface area contributed by atoms with Gasteiger partial charge in [-0.05, 0) is 18.6 Å². The van der Waals surface area contributed by atoms with Crippen LogP contribution in [0.2, 0.25) is 0 Å². The molecule has 0 aliphatic carbocycles. The highest BCUT2D eigenvalue weighted by molar-refractivity contribution is 5.85. The molecule has 1 amide bonds. The molecule has 0 fully saturated rings. The molecule has 0 aliphatic heterocycles. The summed E-state index contributed by atoms with van der Waals surface area (Å²) in [5, 5.41) is 2.83. The van der Waals surface area contributed by atoms with Gasteiger partial charge in [0, 0.05) is 25.8 Å². The first-order valence-corrected chi connectivity index (χ1v) is 5.94. The molecule has 0 bridgehead atoms. The topological polar surface area (TPSA) is 58.4 Å². The van der Waals surface area contributed by atoms with Crippen molar-refractivity contribution in [2.75, 3.05) is 25.0 Å². The number of amides is 1. The summed E-state index contributed by atoms with van der Waals surface area (Å²) >= 11 is 0. The minimum Gasteiger partial charge on any atom is -0.373 e. The standard InChI is InChI=1S/C13H21N3O.2ClH/c1-3-12(14)13(17)15-9-10-16(2)11-7-5-4-6-8-11;;/h4-8,12H,3,9-10,14H2,1-2H3,(H,15,17);2*1H/t12-;;/m0../s1. The van der Waals surface area contributed by atoms with Crippen LogP contribution >= 0.6 is 24.8 Å². The number of carbonyl (C=O) groups is 1. The third kappa shape index (κ3) is 7.25. The largest absolute Gasteiger partial charge is 0.373 e. The van der Waals surface area contributed by atoms with Crippen LogP contribution in [0.1, 0.15) is 13.3 Å². The summed E-state index contributed by atoms with van der Waals surface area (Å²) in [4.78, 5) is 13.5. The second-order valence-electron chi connectivity index (χ2n) is 4.06. The maximum atomic E-state index is 11.4. The molecule has 0 spiro atoms. The van der Waals surface area contributed by atoms with E-state index in [-0.39, 0.29) is 30.7 Å². The van der Waals surface area contributed by atoms with Gasteiger partial charge in [-0.25, -0.2) is 0 Å². The molecule has 110 valence electrons. The minimum atomic E-state index is -0.392. The molecule has 1 aromatic carbocycles. The van der Waals surface area contributed by atoms with Crippen LogP contribution in [-0.4, -0.2) is 32.1 Å². The van der Waals surface area contributed by atoms with E-state index in [1.807, 2.05) is 44.3 Å². The molecule has 0 saturated heterocycles. The van der Waals surface area contributed by atoms with Crippen LogP contribution in [0.15, 0.2) is 30.3 Å². The number of nitrogens with one attached hydrogen (secondary N) is 1. The first-order chi connectivity index (χ1) is 8.15. The van der Waals surface area contributed by atoms with E-state index >= 15 is 0 Å². The van der Waals surface area contributed by atoms with Gasteiger partial charge in [0.05, 0.1) is 6.04 Å². The van der Waals surface area contributed by atoms with E-state index in [9.17, 15) is 4.79 Å². The molecular weight excluding hydrogens is 285 g/mol. The average Bonchev–Trinajstić information content (AvgIpc) is 2.38. The Kier molecular flexibility index (Phi) is 11.7. The first kappa shape index (κ1) is 20.3. The molecule has 0 heterocycles. The Hall–Kier alpha value is -0.970. The fourth-order valence-electron chi connectivity index (χ4n) is 1.47. The number of halogens is 2. The van der Waals surface area contributed by atoms with Crippen LogP contribution in [0.5, 0.6) is 0 Å². The lowest BCUT2D eigenvalue weighted by molar-refractivity contribution is -0.122. The van der Waals surface area contributed by atoms with Crippen molar-refractivity contribution in [1.29, 1.82) is 0 Å². The average molecular weight is 308 g/mol. The summed E-state index contributed by atoms with van der Waals surface area (Å²) in [6, 6.07) is 9.67. The number of rotatable bonds is 6. The minimum absolute atomic E-state index is 0. The van der Waals surface area contributed by atoms with Gasteiger partial charge >= 0.3 is 0 Å². The summed E-state index contributed by atoms with van der Waals surface area (Å²) in [5.41, 5.74) is 6.76. The Morgan fingerprint density at radius 1 is 1.32 bits per heavy atom. The van der Waals surface area contributed by atoms with Crippen molar-refractivity contribution < 1.29 is 4.79 Å². The van der Waals surface area contributed by atoms with Gasteiger partial charge in [0.2, 0.25) is 5.91 Å². The smallest absolute Gasteiger partial charge is 0.236 e. The van der Waals surface area contributed by atoms with Crippen molar-refractivity contribution in [3.8, 4) is 0 Å². The van der Waals surface area contributed by atoms with Crippen molar-refractivity contribution in [3.05, 3.63) is 30.3 Å². The molecule has 1 rings (SSSR count). The second kappa shape index (κ2) is 10.9. The van der Waals surface area contributed by atoms with Crippen LogP contribution in [-0.2, 0) is 4.79 Å². The number of anilines is 1. The SMILES string of the molecule is CC[C@H](N)C(=O)NCCN(C)c1ccccc1.Cl.Cl. The number of nitrogens with two attached hydrogens (primary N) is 1. The van der Waals surface area contributed by atoms with Crippen molar-refractivity contribution in [1.82, 2.24) is 5.32 Å². The van der Waals surface area contributed by atoms with Crippen molar-refractivity contribution in [2.24, 2.45) is 5.73 Å². The Balaban J connectivity index is 0. The van der Waals surface area contributed by atoms with Crippen LogP contribution in [0.3, 0.4) is 0 Å². The number of hydrogen-bond acceptors (Lipinski definition) is 3. The predicted molar refractivity (Wildman–Crippen MR) is 85.5 cm³/mol. The van der Waals surface area contributed by atoms with E-state index < -0.39 is 6.04 Å². The highest BCUT2D eigenvalue weighted by Crippen LogP contribution is 2.09. The first-order valence-electron chi connectivity index (χ1n) is 5.94. The molecular formula is C13H23Cl2N3O. The zero-order valence-electron chi connectivity index (χ0n) is 11.3. The monoisotopic (exact) mass is 307 g/mol. The Bertz CT molecular complexity index is 349. The maximum Gasteiger partial charge on any atom is 0.236 e. The van der Waals surface area contributed by atoms with Crippen LogP contribution in [0.25, 0.3) is 0 Å². The summed E-state index contributed by atoms with van der Waals surface area (Å²) in [6.45, 7) is 3.28. The number of carbonyl (C=O) groups excluding carboxylic acids is 1. The molecule has 0 unspecified atom stereocenters. The Morgan fingerprint density at radius 2 is 1.89 bits per heavy atom. The fourth-order valence-corrected chi connectivity index (χ4v) is 1.47. The van der Waals surface area contributed by atoms with Crippen molar-refractivity contribution in [3.63, 3.8) is 0 Å². The summed E-state index contributed by atoms with van der Waals surface area (Å²) in [6.07, 6.45) is 0.667. The number of hydrogen-bond donors (Lipinski definition) is 2. The van der Waals surface area contributed by atoms with Gasteiger partial charge in [0.1, 0.15) is 0 Å². The second-order valence-corrected chi connectivity index (χ2v) is 4.06. The van der Waals surface area contributed by atoms with Crippen LogP contribution < -0.4 is 16.0 Å². The van der Waals surface area contributed by atoms with Gasteiger partial charge in [-0.2, -0.15) is 0 Å². The summed E-state index contributed by atoms with van der Waals surface area (Å²) < 4.78 is 0. The van der Waals surface area contributed by atoms with E-state index in [2.05, 4.69) is 10.2 Å². The van der Waals surface area contributed by atoms with Gasteiger partial charge in [-0.3, -0.25) is 4.79 Å². The predicted octanol–water partition coefficient (Wildman–Crippen LogP) is 1.82. The number of nitrogens with zero attached hydrogens (tertiary/aromatic N) is 1. The lowest BCUT2D eigenvalue weighted by atomic mass is 10.2. The summed E-state index contributed by atoms with van der Waals surface area (Å²) in [5.74, 6) is -0.0750. The quantitative estimate of drug-likeness (QED) is 0.843. The third-order valence-corrected chi connectivity index (χ3v) is 2.72. The molecule has 1 aromatic rings. The van der Waals surface area contributed by atoms with Gasteiger partial charge in [0.15, 0.2) is 0 Å². The Labute approximate surface area is 127 Å². The number of para-hydroxylation sites is 1. The zero-order valence-corrected chi connectivity index (χ0v) is 13.0.